The van der Waals surface area contributed by atoms with Gasteiger partial charge in [0.15, 0.2) is 0 Å². The molecule has 2 aromatic carbocycles. The first-order valence-corrected chi connectivity index (χ1v) is 11.3. The Bertz CT molecular complexity index is 1300. The lowest BCUT2D eigenvalue weighted by atomic mass is 9.95. The number of amides is 1. The number of hydrogen-bond acceptors (Lipinski definition) is 5. The molecule has 1 aliphatic heterocycles. The van der Waals surface area contributed by atoms with Crippen molar-refractivity contribution in [1.82, 2.24) is 4.98 Å². The number of Topliss-reactive ketones (excluding diaryl/α,β-unsaturated/α-hetero) is 1. The van der Waals surface area contributed by atoms with Crippen molar-refractivity contribution in [2.45, 2.75) is 39.8 Å². The van der Waals surface area contributed by atoms with Crippen molar-refractivity contribution in [1.29, 1.82) is 0 Å². The largest absolute Gasteiger partial charge is 0.507 e. The van der Waals surface area contributed by atoms with Crippen molar-refractivity contribution >= 4 is 34.7 Å². The quantitative estimate of drug-likeness (QED) is 0.287. The van der Waals surface area contributed by atoms with Gasteiger partial charge in [-0.3, -0.25) is 19.5 Å². The van der Waals surface area contributed by atoms with Crippen molar-refractivity contribution in [3.8, 4) is 5.75 Å². The van der Waals surface area contributed by atoms with Crippen molar-refractivity contribution in [3.05, 3.63) is 93.8 Å². The Kier molecular flexibility index (Phi) is 6.44. The molecule has 0 aliphatic carbocycles. The Labute approximate surface area is 203 Å². The standard InChI is InChI=1S/C27H25ClN2O4/c1-15(2)34-22-10-7-18(12-17(22)4)25(31)23-24(19-6-5-11-29-14-19)30(27(33)26(23)32)21-9-8-20(28)13-16(21)3/h5-15,24,31H,1-4H3/b25-23+. The van der Waals surface area contributed by atoms with E-state index in [4.69, 9.17) is 16.3 Å². The summed E-state index contributed by atoms with van der Waals surface area (Å²) in [6, 6.07) is 12.9. The third kappa shape index (κ3) is 4.29. The number of ether oxygens (including phenoxy) is 1. The maximum Gasteiger partial charge on any atom is 0.300 e. The van der Waals surface area contributed by atoms with Crippen LogP contribution in [-0.4, -0.2) is 27.9 Å². The predicted molar refractivity (Wildman–Crippen MR) is 132 cm³/mol. The molecule has 1 aromatic heterocycles. The molecule has 2 heterocycles. The Morgan fingerprint density at radius 2 is 1.85 bits per heavy atom. The zero-order valence-electron chi connectivity index (χ0n) is 19.4. The molecular weight excluding hydrogens is 452 g/mol. The number of halogens is 1. The van der Waals surface area contributed by atoms with Gasteiger partial charge in [0.1, 0.15) is 11.5 Å². The average Bonchev–Trinajstić information content (AvgIpc) is 3.05. The Morgan fingerprint density at radius 1 is 1.09 bits per heavy atom. The second kappa shape index (κ2) is 9.31. The van der Waals surface area contributed by atoms with E-state index in [-0.39, 0.29) is 17.4 Å². The van der Waals surface area contributed by atoms with Gasteiger partial charge < -0.3 is 9.84 Å². The van der Waals surface area contributed by atoms with E-state index in [0.717, 1.165) is 11.1 Å². The summed E-state index contributed by atoms with van der Waals surface area (Å²) in [5.41, 5.74) is 3.11. The Morgan fingerprint density at radius 3 is 2.47 bits per heavy atom. The molecule has 4 rings (SSSR count). The molecule has 6 nitrogen and oxygen atoms in total. The van der Waals surface area contributed by atoms with Gasteiger partial charge in [0.05, 0.1) is 17.7 Å². The van der Waals surface area contributed by atoms with Crippen molar-refractivity contribution < 1.29 is 19.4 Å². The number of aliphatic hydroxyl groups excluding tert-OH is 1. The van der Waals surface area contributed by atoms with Gasteiger partial charge in [-0.15, -0.1) is 0 Å². The summed E-state index contributed by atoms with van der Waals surface area (Å²) in [6.07, 6.45) is 3.20. The van der Waals surface area contributed by atoms with E-state index in [1.807, 2.05) is 27.7 Å². The van der Waals surface area contributed by atoms with E-state index in [2.05, 4.69) is 4.98 Å². The van der Waals surface area contributed by atoms with Crippen LogP contribution in [0, 0.1) is 13.8 Å². The highest BCUT2D eigenvalue weighted by atomic mass is 35.5. The molecule has 1 saturated heterocycles. The van der Waals surface area contributed by atoms with E-state index >= 15 is 0 Å². The van der Waals surface area contributed by atoms with E-state index in [1.165, 1.54) is 4.90 Å². The highest BCUT2D eigenvalue weighted by Gasteiger charge is 2.47. The number of carbonyl (C=O) groups is 2. The number of ketones is 1. The lowest BCUT2D eigenvalue weighted by molar-refractivity contribution is -0.132. The molecule has 174 valence electrons. The molecule has 1 aliphatic rings. The summed E-state index contributed by atoms with van der Waals surface area (Å²) in [6.45, 7) is 7.54. The van der Waals surface area contributed by atoms with Crippen LogP contribution >= 0.6 is 11.6 Å². The summed E-state index contributed by atoms with van der Waals surface area (Å²) in [7, 11) is 0. The minimum Gasteiger partial charge on any atom is -0.507 e. The van der Waals surface area contributed by atoms with Crippen LogP contribution in [0.25, 0.3) is 5.76 Å². The van der Waals surface area contributed by atoms with E-state index in [9.17, 15) is 14.7 Å². The van der Waals surface area contributed by atoms with Crippen LogP contribution in [-0.2, 0) is 9.59 Å². The molecule has 3 aromatic rings. The maximum atomic E-state index is 13.3. The number of aliphatic hydroxyl groups is 1. The summed E-state index contributed by atoms with van der Waals surface area (Å²) in [5, 5.41) is 11.8. The number of pyridine rings is 1. The number of aromatic nitrogens is 1. The summed E-state index contributed by atoms with van der Waals surface area (Å²) in [4.78, 5) is 32.1. The summed E-state index contributed by atoms with van der Waals surface area (Å²) in [5.74, 6) is -1.05. The lowest BCUT2D eigenvalue weighted by Crippen LogP contribution is -2.30. The fourth-order valence-corrected chi connectivity index (χ4v) is 4.39. The third-order valence-electron chi connectivity index (χ3n) is 5.67. The Hall–Kier alpha value is -3.64. The summed E-state index contributed by atoms with van der Waals surface area (Å²) >= 11 is 6.12. The average molecular weight is 477 g/mol. The summed E-state index contributed by atoms with van der Waals surface area (Å²) < 4.78 is 5.79. The predicted octanol–water partition coefficient (Wildman–Crippen LogP) is 5.77. The molecule has 34 heavy (non-hydrogen) atoms. The molecule has 1 N–H and O–H groups in total. The number of rotatable bonds is 5. The fraction of sp³-hybridized carbons (Fsp3) is 0.222. The SMILES string of the molecule is Cc1cc(/C(O)=C2\C(=O)C(=O)N(c3ccc(Cl)cc3C)C2c2cccnc2)ccc1OC(C)C. The van der Waals surface area contributed by atoms with Crippen molar-refractivity contribution in [3.63, 3.8) is 0 Å². The van der Waals surface area contributed by atoms with Gasteiger partial charge in [-0.05, 0) is 86.8 Å². The monoisotopic (exact) mass is 476 g/mol. The van der Waals surface area contributed by atoms with Gasteiger partial charge in [0.25, 0.3) is 11.7 Å². The fourth-order valence-electron chi connectivity index (χ4n) is 4.16. The minimum absolute atomic E-state index is 0.00309. The van der Waals surface area contributed by atoms with E-state index < -0.39 is 17.7 Å². The Balaban J connectivity index is 1.90. The first-order valence-electron chi connectivity index (χ1n) is 10.9. The minimum atomic E-state index is -0.847. The molecule has 0 spiro atoms. The third-order valence-corrected chi connectivity index (χ3v) is 5.91. The van der Waals surface area contributed by atoms with Gasteiger partial charge >= 0.3 is 0 Å². The molecule has 1 fully saturated rings. The second-order valence-electron chi connectivity index (χ2n) is 8.53. The number of nitrogens with zero attached hydrogens (tertiary/aromatic N) is 2. The zero-order chi connectivity index (χ0) is 24.6. The number of hydrogen-bond donors (Lipinski definition) is 1. The van der Waals surface area contributed by atoms with Crippen LogP contribution in [0.4, 0.5) is 5.69 Å². The molecule has 1 unspecified atom stereocenters. The molecule has 1 amide bonds. The second-order valence-corrected chi connectivity index (χ2v) is 8.97. The first kappa shape index (κ1) is 23.5. The molecule has 7 heteroatoms. The lowest BCUT2D eigenvalue weighted by Gasteiger charge is -2.26. The van der Waals surface area contributed by atoms with E-state index in [1.54, 1.807) is 60.9 Å². The van der Waals surface area contributed by atoms with Crippen molar-refractivity contribution in [2.75, 3.05) is 4.90 Å². The molecule has 0 saturated carbocycles. The molecule has 0 bridgehead atoms. The number of anilines is 1. The van der Waals surface area contributed by atoms with Crippen LogP contribution < -0.4 is 9.64 Å². The smallest absolute Gasteiger partial charge is 0.300 e. The van der Waals surface area contributed by atoms with Gasteiger partial charge in [0, 0.05) is 28.7 Å². The topological polar surface area (TPSA) is 79.7 Å². The zero-order valence-corrected chi connectivity index (χ0v) is 20.1. The van der Waals surface area contributed by atoms with Crippen molar-refractivity contribution in [2.24, 2.45) is 0 Å². The van der Waals surface area contributed by atoms with Crippen LogP contribution in [0.2, 0.25) is 5.02 Å². The number of aryl methyl sites for hydroxylation is 2. The molecule has 0 radical (unpaired) electrons. The van der Waals surface area contributed by atoms with Gasteiger partial charge in [-0.1, -0.05) is 17.7 Å². The van der Waals surface area contributed by atoms with Gasteiger partial charge in [-0.2, -0.15) is 0 Å². The van der Waals surface area contributed by atoms with Crippen LogP contribution in [0.3, 0.4) is 0 Å². The molecule has 1 atom stereocenters. The highest BCUT2D eigenvalue weighted by molar-refractivity contribution is 6.51. The number of benzene rings is 2. The normalized spacial score (nSPS) is 17.5. The van der Waals surface area contributed by atoms with Crippen LogP contribution in [0.1, 0.15) is 42.1 Å². The highest BCUT2D eigenvalue weighted by Crippen LogP contribution is 2.43. The van der Waals surface area contributed by atoms with Gasteiger partial charge in [0.2, 0.25) is 0 Å². The van der Waals surface area contributed by atoms with E-state index in [0.29, 0.717) is 27.6 Å². The first-order chi connectivity index (χ1) is 16.2. The number of carbonyl (C=O) groups excluding carboxylic acids is 2. The van der Waals surface area contributed by atoms with Gasteiger partial charge in [-0.25, -0.2) is 0 Å². The molecular formula is C27H25ClN2O4. The van der Waals surface area contributed by atoms with Crippen LogP contribution in [0.15, 0.2) is 66.5 Å². The maximum absolute atomic E-state index is 13.3. The van der Waals surface area contributed by atoms with Crippen LogP contribution in [0.5, 0.6) is 5.75 Å².